The van der Waals surface area contributed by atoms with Crippen LogP contribution in [0.15, 0.2) is 82.6 Å². The highest BCUT2D eigenvalue weighted by atomic mass is 35.5. The van der Waals surface area contributed by atoms with Crippen LogP contribution in [0.3, 0.4) is 0 Å². The lowest BCUT2D eigenvalue weighted by Gasteiger charge is -2.30. The molecule has 0 bridgehead atoms. The van der Waals surface area contributed by atoms with Gasteiger partial charge in [-0.05, 0) is 54.6 Å². The first kappa shape index (κ1) is 27.1. The number of hydrogen-bond acceptors (Lipinski definition) is 8. The van der Waals surface area contributed by atoms with Gasteiger partial charge in [-0.25, -0.2) is 4.90 Å². The number of methoxy groups -OCH3 is 1. The molecule has 0 radical (unpaired) electrons. The maximum absolute atomic E-state index is 13.9. The minimum Gasteiger partial charge on any atom is -0.497 e. The molecule has 3 aromatic carbocycles. The molecule has 2 aliphatic heterocycles. The quantitative estimate of drug-likeness (QED) is 0.287. The van der Waals surface area contributed by atoms with Crippen molar-refractivity contribution in [3.63, 3.8) is 0 Å². The standard InChI is InChI=1S/C29H22ClN3O6S2/c1-38-18-12-8-16(9-13-18)31-21(34)14-39-20-5-3-2-4-19(20)22-23-25(40-26-24(22)41-29(37)32-26)28(36)33(27(23)35)17-10-6-15(30)7-11-17/h2-13,22-23,25H,14H2,1H3,(H,31,34)(H,32,37)/t22-,23-,25+/m0/s1. The minimum absolute atomic E-state index is 0.279. The number of ether oxygens (including phenoxy) is 2. The van der Waals surface area contributed by atoms with E-state index >= 15 is 0 Å². The number of aromatic amines is 1. The second-order valence-corrected chi connectivity index (χ2v) is 11.9. The number of benzene rings is 3. The van der Waals surface area contributed by atoms with Gasteiger partial charge in [0.15, 0.2) is 6.61 Å². The van der Waals surface area contributed by atoms with E-state index in [2.05, 4.69) is 10.3 Å². The number of thiazole rings is 1. The van der Waals surface area contributed by atoms with Crippen LogP contribution in [0.5, 0.6) is 11.5 Å². The van der Waals surface area contributed by atoms with Gasteiger partial charge in [0.2, 0.25) is 11.8 Å². The van der Waals surface area contributed by atoms with E-state index in [9.17, 15) is 19.2 Å². The Balaban J connectivity index is 1.31. The summed E-state index contributed by atoms with van der Waals surface area (Å²) < 4.78 is 11.1. The molecule has 3 atom stereocenters. The van der Waals surface area contributed by atoms with E-state index in [1.165, 1.54) is 16.7 Å². The fourth-order valence-electron chi connectivity index (χ4n) is 5.08. The van der Waals surface area contributed by atoms with Crippen LogP contribution in [0.1, 0.15) is 16.4 Å². The number of para-hydroxylation sites is 1. The van der Waals surface area contributed by atoms with Gasteiger partial charge in [0.1, 0.15) is 16.7 Å². The van der Waals surface area contributed by atoms with Crippen molar-refractivity contribution in [1.82, 2.24) is 4.98 Å². The normalized spacial score (nSPS) is 19.5. The predicted molar refractivity (Wildman–Crippen MR) is 157 cm³/mol. The summed E-state index contributed by atoms with van der Waals surface area (Å²) in [5.74, 6) is -1.52. The third-order valence-electron chi connectivity index (χ3n) is 6.90. The van der Waals surface area contributed by atoms with Gasteiger partial charge in [-0.2, -0.15) is 0 Å². The van der Waals surface area contributed by atoms with E-state index in [4.69, 9.17) is 21.1 Å². The van der Waals surface area contributed by atoms with Crippen LogP contribution in [0.25, 0.3) is 0 Å². The largest absolute Gasteiger partial charge is 0.497 e. The maximum Gasteiger partial charge on any atom is 0.305 e. The fourth-order valence-corrected chi connectivity index (χ4v) is 7.71. The van der Waals surface area contributed by atoms with Crippen molar-refractivity contribution in [3.05, 3.63) is 97.9 Å². The maximum atomic E-state index is 13.9. The summed E-state index contributed by atoms with van der Waals surface area (Å²) in [6, 6.07) is 20.5. The number of fused-ring (bicyclic) bond motifs is 2. The van der Waals surface area contributed by atoms with Gasteiger partial charge in [0.25, 0.3) is 5.91 Å². The van der Waals surface area contributed by atoms with Crippen LogP contribution in [0.4, 0.5) is 11.4 Å². The number of halogens is 1. The third-order valence-corrected chi connectivity index (χ3v) is 9.55. The number of rotatable bonds is 7. The van der Waals surface area contributed by atoms with Crippen molar-refractivity contribution in [1.29, 1.82) is 0 Å². The highest BCUT2D eigenvalue weighted by molar-refractivity contribution is 8.00. The van der Waals surface area contributed by atoms with E-state index < -0.39 is 17.1 Å². The van der Waals surface area contributed by atoms with Crippen LogP contribution < -0.4 is 24.6 Å². The molecule has 0 spiro atoms. The number of nitrogens with one attached hydrogen (secondary N) is 2. The third kappa shape index (κ3) is 5.12. The molecule has 4 aromatic rings. The second-order valence-electron chi connectivity index (χ2n) is 9.34. The Morgan fingerprint density at radius 1 is 1.00 bits per heavy atom. The van der Waals surface area contributed by atoms with Crippen LogP contribution in [-0.2, 0) is 14.4 Å². The fraction of sp³-hybridized carbons (Fsp3) is 0.172. The number of carbonyl (C=O) groups is 3. The Bertz CT molecular complexity index is 1700. The number of amides is 3. The Kier molecular flexibility index (Phi) is 7.33. The average molecular weight is 608 g/mol. The highest BCUT2D eigenvalue weighted by Crippen LogP contribution is 2.54. The molecule has 12 heteroatoms. The molecule has 1 fully saturated rings. The van der Waals surface area contributed by atoms with Gasteiger partial charge in [-0.1, -0.05) is 52.9 Å². The van der Waals surface area contributed by atoms with Crippen molar-refractivity contribution >= 4 is 63.8 Å². The smallest absolute Gasteiger partial charge is 0.305 e. The number of nitrogens with zero attached hydrogens (tertiary/aromatic N) is 1. The molecule has 2 aliphatic rings. The van der Waals surface area contributed by atoms with Crippen molar-refractivity contribution < 1.29 is 23.9 Å². The molecule has 3 heterocycles. The highest BCUT2D eigenvalue weighted by Gasteiger charge is 2.56. The average Bonchev–Trinajstić information content (AvgIpc) is 3.47. The zero-order valence-electron chi connectivity index (χ0n) is 21.5. The van der Waals surface area contributed by atoms with Crippen molar-refractivity contribution in [2.45, 2.75) is 16.2 Å². The molecular weight excluding hydrogens is 586 g/mol. The number of H-pyrrole nitrogens is 1. The number of hydrogen-bond donors (Lipinski definition) is 2. The van der Waals surface area contributed by atoms with Gasteiger partial charge in [-0.15, -0.1) is 0 Å². The molecule has 41 heavy (non-hydrogen) atoms. The van der Waals surface area contributed by atoms with Crippen LogP contribution >= 0.6 is 34.7 Å². The molecule has 1 aromatic heterocycles. The zero-order chi connectivity index (χ0) is 28.7. The van der Waals surface area contributed by atoms with Crippen molar-refractivity contribution in [2.24, 2.45) is 5.92 Å². The van der Waals surface area contributed by atoms with E-state index in [0.29, 0.717) is 43.4 Å². The van der Waals surface area contributed by atoms with Gasteiger partial charge < -0.3 is 19.8 Å². The summed E-state index contributed by atoms with van der Waals surface area (Å²) >= 11 is 8.23. The first-order chi connectivity index (χ1) is 19.8. The molecule has 208 valence electrons. The SMILES string of the molecule is COc1ccc(NC(=O)COc2ccccc2[C@@H]2c3sc(=O)[nH]c3S[C@H]3C(=O)N(c4ccc(Cl)cc4)C(=O)[C@@H]23)cc1. The van der Waals surface area contributed by atoms with Crippen LogP contribution in [0, 0.1) is 5.92 Å². The molecule has 0 aliphatic carbocycles. The van der Waals surface area contributed by atoms with Gasteiger partial charge in [-0.3, -0.25) is 19.2 Å². The lowest BCUT2D eigenvalue weighted by molar-refractivity contribution is -0.122. The number of anilines is 2. The Labute approximate surface area is 247 Å². The Morgan fingerprint density at radius 2 is 1.73 bits per heavy atom. The number of aromatic nitrogens is 1. The van der Waals surface area contributed by atoms with Gasteiger partial charge in [0.05, 0.1) is 23.7 Å². The number of carbonyl (C=O) groups excluding carboxylic acids is 3. The van der Waals surface area contributed by atoms with E-state index in [0.717, 1.165) is 11.3 Å². The van der Waals surface area contributed by atoms with E-state index in [1.54, 1.807) is 79.9 Å². The molecule has 6 rings (SSSR count). The summed E-state index contributed by atoms with van der Waals surface area (Å²) in [7, 11) is 1.56. The lowest BCUT2D eigenvalue weighted by Crippen LogP contribution is -2.32. The minimum atomic E-state index is -0.792. The summed E-state index contributed by atoms with van der Waals surface area (Å²) in [5, 5.41) is 3.06. The Morgan fingerprint density at radius 3 is 2.46 bits per heavy atom. The number of thioether (sulfide) groups is 1. The summed E-state index contributed by atoms with van der Waals surface area (Å²) in [4.78, 5) is 57.0. The lowest BCUT2D eigenvalue weighted by atomic mass is 9.82. The van der Waals surface area contributed by atoms with Crippen molar-refractivity contribution in [2.75, 3.05) is 23.9 Å². The summed E-state index contributed by atoms with van der Waals surface area (Å²) in [5.41, 5.74) is 1.62. The van der Waals surface area contributed by atoms with E-state index in [-0.39, 0.29) is 29.2 Å². The second kappa shape index (κ2) is 11.1. The first-order valence-electron chi connectivity index (χ1n) is 12.5. The number of imide groups is 1. The molecule has 0 saturated carbocycles. The van der Waals surface area contributed by atoms with Gasteiger partial charge >= 0.3 is 4.87 Å². The molecule has 0 unspecified atom stereocenters. The van der Waals surface area contributed by atoms with Gasteiger partial charge in [0, 0.05) is 27.1 Å². The monoisotopic (exact) mass is 607 g/mol. The molecule has 1 saturated heterocycles. The summed E-state index contributed by atoms with van der Waals surface area (Å²) in [6.07, 6.45) is 0. The zero-order valence-corrected chi connectivity index (χ0v) is 23.8. The van der Waals surface area contributed by atoms with Crippen LogP contribution in [0.2, 0.25) is 5.02 Å². The molecule has 2 N–H and O–H groups in total. The van der Waals surface area contributed by atoms with Crippen LogP contribution in [-0.4, -0.2) is 41.7 Å². The van der Waals surface area contributed by atoms with Crippen molar-refractivity contribution in [3.8, 4) is 11.5 Å². The molecule has 9 nitrogen and oxygen atoms in total. The first-order valence-corrected chi connectivity index (χ1v) is 14.6. The molecular formula is C29H22ClN3O6S2. The molecule has 3 amide bonds. The van der Waals surface area contributed by atoms with E-state index in [1.807, 2.05) is 0 Å². The summed E-state index contributed by atoms with van der Waals surface area (Å²) in [6.45, 7) is -0.293. The Hall–Kier alpha value is -4.06. The predicted octanol–water partition coefficient (Wildman–Crippen LogP) is 4.91. The topological polar surface area (TPSA) is 118 Å².